The monoisotopic (exact) mass is 362 g/mol. The number of methoxy groups -OCH3 is 1. The Bertz CT molecular complexity index is 954. The highest BCUT2D eigenvalue weighted by atomic mass is 16.5. The summed E-state index contributed by atoms with van der Waals surface area (Å²) < 4.78 is 4.67. The number of hydrogen-bond donors (Lipinski definition) is 2. The van der Waals surface area contributed by atoms with Gasteiger partial charge in [0.1, 0.15) is 0 Å². The Labute approximate surface area is 156 Å². The molecule has 3 aromatic rings. The predicted molar refractivity (Wildman–Crippen MR) is 102 cm³/mol. The molecular formula is C20H18N4O3. The molecule has 0 atom stereocenters. The van der Waals surface area contributed by atoms with Crippen LogP contribution < -0.4 is 10.6 Å². The third kappa shape index (κ3) is 4.66. The van der Waals surface area contributed by atoms with Crippen LogP contribution in [0.3, 0.4) is 0 Å². The van der Waals surface area contributed by atoms with Crippen molar-refractivity contribution in [2.45, 2.75) is 6.92 Å². The maximum atomic E-state index is 12.3. The first-order chi connectivity index (χ1) is 13.0. The second kappa shape index (κ2) is 8.09. The Morgan fingerprint density at radius 1 is 0.926 bits per heavy atom. The van der Waals surface area contributed by atoms with E-state index < -0.39 is 5.97 Å². The number of carbonyl (C=O) groups is 2. The molecule has 0 saturated heterocycles. The van der Waals surface area contributed by atoms with Gasteiger partial charge in [-0.2, -0.15) is 0 Å². The molecule has 0 aliphatic carbocycles. The number of hydrogen-bond acceptors (Lipinski definition) is 6. The van der Waals surface area contributed by atoms with Gasteiger partial charge in [-0.25, -0.2) is 14.8 Å². The Kier molecular flexibility index (Phi) is 5.41. The summed E-state index contributed by atoms with van der Waals surface area (Å²) in [4.78, 5) is 32.2. The molecule has 0 saturated carbocycles. The molecule has 1 heterocycles. The highest BCUT2D eigenvalue weighted by molar-refractivity contribution is 6.04. The van der Waals surface area contributed by atoms with Crippen molar-refractivity contribution in [2.24, 2.45) is 0 Å². The molecule has 0 fully saturated rings. The Balaban J connectivity index is 1.67. The van der Waals surface area contributed by atoms with Gasteiger partial charge in [-0.15, -0.1) is 0 Å². The average Bonchev–Trinajstić information content (AvgIpc) is 2.70. The quantitative estimate of drug-likeness (QED) is 0.674. The highest BCUT2D eigenvalue weighted by Gasteiger charge is 2.10. The Hall–Kier alpha value is -3.74. The zero-order chi connectivity index (χ0) is 19.2. The standard InChI is InChI=1S/C20H18N4O3/c1-13-6-8-16(9-7-13)24-20-21-11-15(12-22-20)18(25)23-17-5-3-4-14(10-17)19(26)27-2/h3-12H,1-2H3,(H,23,25)(H,21,22,24). The van der Waals surface area contributed by atoms with Crippen LogP contribution in [-0.4, -0.2) is 29.0 Å². The topological polar surface area (TPSA) is 93.2 Å². The molecule has 7 nitrogen and oxygen atoms in total. The van der Waals surface area contributed by atoms with E-state index >= 15 is 0 Å². The van der Waals surface area contributed by atoms with Crippen LogP contribution in [0.25, 0.3) is 0 Å². The summed E-state index contributed by atoms with van der Waals surface area (Å²) >= 11 is 0. The molecule has 0 radical (unpaired) electrons. The summed E-state index contributed by atoms with van der Waals surface area (Å²) in [5.41, 5.74) is 3.14. The van der Waals surface area contributed by atoms with Gasteiger partial charge >= 0.3 is 5.97 Å². The first-order valence-electron chi connectivity index (χ1n) is 8.20. The van der Waals surface area contributed by atoms with Crippen molar-refractivity contribution in [3.05, 3.63) is 77.6 Å². The molecule has 0 aliphatic rings. The van der Waals surface area contributed by atoms with Crippen LogP contribution in [0.5, 0.6) is 0 Å². The molecule has 2 N–H and O–H groups in total. The minimum atomic E-state index is -0.471. The lowest BCUT2D eigenvalue weighted by atomic mass is 10.2. The van der Waals surface area contributed by atoms with Crippen LogP contribution in [0, 0.1) is 6.92 Å². The van der Waals surface area contributed by atoms with Crippen molar-refractivity contribution in [3.63, 3.8) is 0 Å². The van der Waals surface area contributed by atoms with Gasteiger partial charge in [0.25, 0.3) is 5.91 Å². The summed E-state index contributed by atoms with van der Waals surface area (Å²) in [6, 6.07) is 14.3. The molecule has 0 bridgehead atoms. The predicted octanol–water partition coefficient (Wildman–Crippen LogP) is 3.57. The summed E-state index contributed by atoms with van der Waals surface area (Å²) in [6.45, 7) is 2.01. The number of nitrogens with one attached hydrogen (secondary N) is 2. The van der Waals surface area contributed by atoms with Crippen molar-refractivity contribution in [3.8, 4) is 0 Å². The van der Waals surface area contributed by atoms with Gasteiger partial charge in [0, 0.05) is 23.8 Å². The van der Waals surface area contributed by atoms with E-state index in [0.29, 0.717) is 22.8 Å². The van der Waals surface area contributed by atoms with Crippen molar-refractivity contribution in [2.75, 3.05) is 17.7 Å². The second-order valence-electron chi connectivity index (χ2n) is 5.81. The zero-order valence-electron chi connectivity index (χ0n) is 14.9. The number of amides is 1. The second-order valence-corrected chi connectivity index (χ2v) is 5.81. The smallest absolute Gasteiger partial charge is 0.337 e. The highest BCUT2D eigenvalue weighted by Crippen LogP contribution is 2.15. The number of aryl methyl sites for hydroxylation is 1. The normalized spacial score (nSPS) is 10.1. The van der Waals surface area contributed by atoms with Crippen LogP contribution in [-0.2, 0) is 4.74 Å². The minimum absolute atomic E-state index is 0.299. The van der Waals surface area contributed by atoms with Gasteiger partial charge in [0.15, 0.2) is 0 Å². The van der Waals surface area contributed by atoms with Crippen molar-refractivity contribution in [1.82, 2.24) is 9.97 Å². The first kappa shape index (κ1) is 18.1. The molecule has 1 amide bonds. The fourth-order valence-corrected chi connectivity index (χ4v) is 2.32. The zero-order valence-corrected chi connectivity index (χ0v) is 14.9. The van der Waals surface area contributed by atoms with Crippen LogP contribution in [0.1, 0.15) is 26.3 Å². The van der Waals surface area contributed by atoms with Crippen molar-refractivity contribution < 1.29 is 14.3 Å². The molecule has 0 unspecified atom stereocenters. The van der Waals surface area contributed by atoms with E-state index in [1.54, 1.807) is 18.2 Å². The molecule has 27 heavy (non-hydrogen) atoms. The fraction of sp³-hybridized carbons (Fsp3) is 0.100. The molecular weight excluding hydrogens is 344 g/mol. The molecule has 1 aromatic heterocycles. The van der Waals surface area contributed by atoms with E-state index in [1.165, 1.54) is 25.6 Å². The minimum Gasteiger partial charge on any atom is -0.465 e. The fourth-order valence-electron chi connectivity index (χ4n) is 2.32. The summed E-state index contributed by atoms with van der Waals surface area (Å²) in [6.07, 6.45) is 2.87. The van der Waals surface area contributed by atoms with Crippen molar-refractivity contribution >= 4 is 29.2 Å². The van der Waals surface area contributed by atoms with Crippen LogP contribution in [0.15, 0.2) is 60.9 Å². The van der Waals surface area contributed by atoms with E-state index in [-0.39, 0.29) is 5.91 Å². The summed E-state index contributed by atoms with van der Waals surface area (Å²) in [7, 11) is 1.30. The molecule has 0 aliphatic heterocycles. The van der Waals surface area contributed by atoms with Crippen molar-refractivity contribution in [1.29, 1.82) is 0 Å². The van der Waals surface area contributed by atoms with Gasteiger partial charge in [-0.3, -0.25) is 4.79 Å². The number of carbonyl (C=O) groups excluding carboxylic acids is 2. The van der Waals surface area contributed by atoms with Crippen LogP contribution in [0.2, 0.25) is 0 Å². The number of rotatable bonds is 5. The third-order valence-corrected chi connectivity index (χ3v) is 3.76. The van der Waals surface area contributed by atoms with Gasteiger partial charge in [-0.1, -0.05) is 23.8 Å². The lowest BCUT2D eigenvalue weighted by Crippen LogP contribution is -2.13. The van der Waals surface area contributed by atoms with E-state index in [9.17, 15) is 9.59 Å². The van der Waals surface area contributed by atoms with Gasteiger partial charge in [-0.05, 0) is 37.3 Å². The number of aromatic nitrogens is 2. The molecule has 3 rings (SSSR count). The van der Waals surface area contributed by atoms with Gasteiger partial charge in [0.2, 0.25) is 5.95 Å². The number of benzene rings is 2. The van der Waals surface area contributed by atoms with E-state index in [0.717, 1.165) is 11.3 Å². The van der Waals surface area contributed by atoms with Crippen LogP contribution >= 0.6 is 0 Å². The SMILES string of the molecule is COC(=O)c1cccc(NC(=O)c2cnc(Nc3ccc(C)cc3)nc2)c1. The first-order valence-corrected chi connectivity index (χ1v) is 8.20. The maximum absolute atomic E-state index is 12.3. The average molecular weight is 362 g/mol. The molecule has 136 valence electrons. The van der Waals surface area contributed by atoms with E-state index in [4.69, 9.17) is 0 Å². The van der Waals surface area contributed by atoms with Gasteiger partial charge in [0.05, 0.1) is 18.2 Å². The Morgan fingerprint density at radius 3 is 2.30 bits per heavy atom. The number of nitrogens with zero attached hydrogens (tertiary/aromatic N) is 2. The maximum Gasteiger partial charge on any atom is 0.337 e. The lowest BCUT2D eigenvalue weighted by Gasteiger charge is -2.08. The summed E-state index contributed by atoms with van der Waals surface area (Å²) in [5, 5.41) is 5.77. The third-order valence-electron chi connectivity index (χ3n) is 3.76. The molecule has 0 spiro atoms. The summed E-state index contributed by atoms with van der Waals surface area (Å²) in [5.74, 6) is -0.456. The lowest BCUT2D eigenvalue weighted by molar-refractivity contribution is 0.0600. The van der Waals surface area contributed by atoms with E-state index in [2.05, 4.69) is 25.3 Å². The number of esters is 1. The number of ether oxygens (including phenoxy) is 1. The van der Waals surface area contributed by atoms with Gasteiger partial charge < -0.3 is 15.4 Å². The van der Waals surface area contributed by atoms with Crippen LogP contribution in [0.4, 0.5) is 17.3 Å². The molecule has 2 aromatic carbocycles. The Morgan fingerprint density at radius 2 is 1.63 bits per heavy atom. The largest absolute Gasteiger partial charge is 0.465 e. The van der Waals surface area contributed by atoms with E-state index in [1.807, 2.05) is 31.2 Å². The number of anilines is 3. The molecule has 7 heteroatoms.